The zero-order chi connectivity index (χ0) is 14.6. The number of likely N-dealkylation sites (N-methyl/N-ethyl adjacent to an activating group) is 1. The van der Waals surface area contributed by atoms with Gasteiger partial charge >= 0.3 is 0 Å². The van der Waals surface area contributed by atoms with Crippen LogP contribution in [0.15, 0.2) is 0 Å². The summed E-state index contributed by atoms with van der Waals surface area (Å²) in [6.07, 6.45) is 1.07. The zero-order valence-corrected chi connectivity index (χ0v) is 12.9. The summed E-state index contributed by atoms with van der Waals surface area (Å²) >= 11 is 0. The third-order valence-corrected chi connectivity index (χ3v) is 3.33. The van der Waals surface area contributed by atoms with Crippen LogP contribution >= 0.6 is 0 Å². The second-order valence-corrected chi connectivity index (χ2v) is 5.77. The lowest BCUT2D eigenvalue weighted by Crippen LogP contribution is -2.41. The second kappa shape index (κ2) is 6.70. The van der Waals surface area contributed by atoms with Crippen LogP contribution in [-0.4, -0.2) is 47.7 Å². The van der Waals surface area contributed by atoms with Gasteiger partial charge in [-0.2, -0.15) is 5.10 Å². The Hall–Kier alpha value is -1.36. The van der Waals surface area contributed by atoms with Gasteiger partial charge in [0, 0.05) is 18.3 Å². The van der Waals surface area contributed by atoms with Gasteiger partial charge in [-0.25, -0.2) is 0 Å². The number of carbonyl (C=O) groups excluding carboxylic acids is 1. The predicted octanol–water partition coefficient (Wildman–Crippen LogP) is 1.73. The summed E-state index contributed by atoms with van der Waals surface area (Å²) in [5, 5.41) is 9.90. The fourth-order valence-electron chi connectivity index (χ4n) is 2.21. The van der Waals surface area contributed by atoms with Crippen molar-refractivity contribution < 1.29 is 4.79 Å². The van der Waals surface area contributed by atoms with Gasteiger partial charge in [0.05, 0.1) is 11.3 Å². The minimum absolute atomic E-state index is 0.0423. The van der Waals surface area contributed by atoms with Crippen molar-refractivity contribution in [2.75, 3.05) is 20.6 Å². The standard InChI is InChI=1S/C14H26N4O/c1-9(2)7-12(18(5)6)8-15-14(19)13-10(3)16-17-11(13)4/h9,12H,7-8H2,1-6H3,(H,15,19)(H,16,17). The van der Waals surface area contributed by atoms with Gasteiger partial charge in [0.2, 0.25) is 0 Å². The van der Waals surface area contributed by atoms with Crippen molar-refractivity contribution in [3.63, 3.8) is 0 Å². The number of nitrogens with zero attached hydrogens (tertiary/aromatic N) is 2. The SMILES string of the molecule is Cc1n[nH]c(C)c1C(=O)NCC(CC(C)C)N(C)C. The van der Waals surface area contributed by atoms with E-state index in [1.807, 2.05) is 27.9 Å². The summed E-state index contributed by atoms with van der Waals surface area (Å²) in [7, 11) is 4.10. The first-order valence-corrected chi connectivity index (χ1v) is 6.79. The minimum atomic E-state index is -0.0423. The highest BCUT2D eigenvalue weighted by atomic mass is 16.1. The third kappa shape index (κ3) is 4.35. The number of aryl methyl sites for hydroxylation is 2. The lowest BCUT2D eigenvalue weighted by Gasteiger charge is -2.26. The molecule has 0 radical (unpaired) electrons. The number of nitrogens with one attached hydrogen (secondary N) is 2. The Bertz CT molecular complexity index is 404. The molecule has 0 aliphatic heterocycles. The highest BCUT2D eigenvalue weighted by molar-refractivity contribution is 5.96. The van der Waals surface area contributed by atoms with E-state index in [0.717, 1.165) is 17.8 Å². The first kappa shape index (κ1) is 15.7. The van der Waals surface area contributed by atoms with Crippen molar-refractivity contribution in [2.24, 2.45) is 5.92 Å². The predicted molar refractivity (Wildman–Crippen MR) is 77.3 cm³/mol. The zero-order valence-electron chi connectivity index (χ0n) is 12.9. The molecule has 1 heterocycles. The molecule has 0 saturated heterocycles. The first-order chi connectivity index (χ1) is 8.82. The lowest BCUT2D eigenvalue weighted by atomic mass is 10.0. The Morgan fingerprint density at radius 2 is 2.00 bits per heavy atom. The van der Waals surface area contributed by atoms with E-state index in [-0.39, 0.29) is 5.91 Å². The molecule has 108 valence electrons. The molecular formula is C14H26N4O. The number of H-pyrrole nitrogens is 1. The van der Waals surface area contributed by atoms with E-state index in [4.69, 9.17) is 0 Å². The normalized spacial score (nSPS) is 13.1. The first-order valence-electron chi connectivity index (χ1n) is 6.79. The Morgan fingerprint density at radius 3 is 2.42 bits per heavy atom. The van der Waals surface area contributed by atoms with E-state index < -0.39 is 0 Å². The van der Waals surface area contributed by atoms with Crippen LogP contribution in [0.1, 0.15) is 42.0 Å². The molecule has 0 aliphatic carbocycles. The Morgan fingerprint density at radius 1 is 1.37 bits per heavy atom. The highest BCUT2D eigenvalue weighted by Crippen LogP contribution is 2.11. The number of amides is 1. The molecule has 5 heteroatoms. The van der Waals surface area contributed by atoms with Crippen molar-refractivity contribution in [3.05, 3.63) is 17.0 Å². The quantitative estimate of drug-likeness (QED) is 0.824. The van der Waals surface area contributed by atoms with Gasteiger partial charge < -0.3 is 10.2 Å². The van der Waals surface area contributed by atoms with Crippen LogP contribution in [0.25, 0.3) is 0 Å². The molecule has 1 unspecified atom stereocenters. The van der Waals surface area contributed by atoms with E-state index in [1.165, 1.54) is 0 Å². The van der Waals surface area contributed by atoms with Gasteiger partial charge in [0.25, 0.3) is 5.91 Å². The van der Waals surface area contributed by atoms with Crippen LogP contribution in [0.2, 0.25) is 0 Å². The van der Waals surface area contributed by atoms with Crippen molar-refractivity contribution in [3.8, 4) is 0 Å². The molecule has 1 atom stereocenters. The molecule has 0 saturated carbocycles. The van der Waals surface area contributed by atoms with Crippen molar-refractivity contribution in [1.29, 1.82) is 0 Å². The number of hydrogen-bond acceptors (Lipinski definition) is 3. The molecule has 5 nitrogen and oxygen atoms in total. The third-order valence-electron chi connectivity index (χ3n) is 3.33. The fourth-order valence-corrected chi connectivity index (χ4v) is 2.21. The van der Waals surface area contributed by atoms with E-state index in [2.05, 4.69) is 34.3 Å². The van der Waals surface area contributed by atoms with E-state index >= 15 is 0 Å². The van der Waals surface area contributed by atoms with Gasteiger partial charge in [0.15, 0.2) is 0 Å². The van der Waals surface area contributed by atoms with Crippen LogP contribution in [0.4, 0.5) is 0 Å². The average Bonchev–Trinajstić information content (AvgIpc) is 2.63. The van der Waals surface area contributed by atoms with Gasteiger partial charge in [-0.05, 0) is 40.3 Å². The molecule has 0 aliphatic rings. The Kier molecular flexibility index (Phi) is 5.54. The van der Waals surface area contributed by atoms with Crippen molar-refractivity contribution in [1.82, 2.24) is 20.4 Å². The number of aromatic amines is 1. The smallest absolute Gasteiger partial charge is 0.255 e. The minimum Gasteiger partial charge on any atom is -0.350 e. The van der Waals surface area contributed by atoms with Crippen LogP contribution in [0.3, 0.4) is 0 Å². The molecule has 1 rings (SSSR count). The van der Waals surface area contributed by atoms with E-state index in [9.17, 15) is 4.79 Å². The topological polar surface area (TPSA) is 61.0 Å². The van der Waals surface area contributed by atoms with Crippen LogP contribution in [0, 0.1) is 19.8 Å². The highest BCUT2D eigenvalue weighted by Gasteiger charge is 2.18. The average molecular weight is 266 g/mol. The lowest BCUT2D eigenvalue weighted by molar-refractivity contribution is 0.0937. The van der Waals surface area contributed by atoms with Gasteiger partial charge in [0.1, 0.15) is 0 Å². The molecule has 0 fully saturated rings. The summed E-state index contributed by atoms with van der Waals surface area (Å²) in [5.74, 6) is 0.570. The van der Waals surface area contributed by atoms with E-state index in [0.29, 0.717) is 24.1 Å². The maximum absolute atomic E-state index is 12.2. The van der Waals surface area contributed by atoms with Gasteiger partial charge in [-0.1, -0.05) is 13.8 Å². The Labute approximate surface area is 115 Å². The Balaban J connectivity index is 2.62. The number of aromatic nitrogens is 2. The number of hydrogen-bond donors (Lipinski definition) is 2. The van der Waals surface area contributed by atoms with Crippen LogP contribution in [0.5, 0.6) is 0 Å². The fraction of sp³-hybridized carbons (Fsp3) is 0.714. The molecule has 0 spiro atoms. The van der Waals surface area contributed by atoms with Gasteiger partial charge in [-0.15, -0.1) is 0 Å². The summed E-state index contributed by atoms with van der Waals surface area (Å²) in [4.78, 5) is 14.3. The molecule has 0 bridgehead atoms. The molecular weight excluding hydrogens is 240 g/mol. The molecule has 0 aromatic carbocycles. The van der Waals surface area contributed by atoms with Crippen LogP contribution in [-0.2, 0) is 0 Å². The molecule has 19 heavy (non-hydrogen) atoms. The maximum Gasteiger partial charge on any atom is 0.255 e. The second-order valence-electron chi connectivity index (χ2n) is 5.77. The van der Waals surface area contributed by atoms with Crippen molar-refractivity contribution in [2.45, 2.75) is 40.2 Å². The van der Waals surface area contributed by atoms with Gasteiger partial charge in [-0.3, -0.25) is 9.89 Å². The number of carbonyl (C=O) groups is 1. The van der Waals surface area contributed by atoms with E-state index in [1.54, 1.807) is 0 Å². The molecule has 1 amide bonds. The maximum atomic E-state index is 12.2. The molecule has 1 aromatic heterocycles. The molecule has 2 N–H and O–H groups in total. The monoisotopic (exact) mass is 266 g/mol. The summed E-state index contributed by atoms with van der Waals surface area (Å²) < 4.78 is 0. The summed E-state index contributed by atoms with van der Waals surface area (Å²) in [6.45, 7) is 8.77. The largest absolute Gasteiger partial charge is 0.350 e. The number of rotatable bonds is 6. The van der Waals surface area contributed by atoms with Crippen LogP contribution < -0.4 is 5.32 Å². The van der Waals surface area contributed by atoms with Crippen molar-refractivity contribution >= 4 is 5.91 Å². The summed E-state index contributed by atoms with van der Waals surface area (Å²) in [5.41, 5.74) is 2.24. The summed E-state index contributed by atoms with van der Waals surface area (Å²) in [6, 6.07) is 0.358. The molecule has 1 aromatic rings.